The molecule has 0 unspecified atom stereocenters. The molecule has 4 rings (SSSR count). The maximum Gasteiger partial charge on any atom is 0.339 e. The second-order valence-electron chi connectivity index (χ2n) is 7.25. The molecule has 0 aromatic heterocycles. The van der Waals surface area contributed by atoms with E-state index in [4.69, 9.17) is 19.3 Å². The van der Waals surface area contributed by atoms with Crippen LogP contribution in [0.2, 0.25) is 0 Å². The highest BCUT2D eigenvalue weighted by Gasteiger charge is 2.35. The molecule has 0 saturated heterocycles. The van der Waals surface area contributed by atoms with Gasteiger partial charge >= 0.3 is 5.97 Å². The maximum absolute atomic E-state index is 12.3. The Balaban J connectivity index is 1.83. The van der Waals surface area contributed by atoms with Crippen LogP contribution in [0.4, 0.5) is 5.69 Å². The summed E-state index contributed by atoms with van der Waals surface area (Å²) in [5, 5.41) is 16.8. The van der Waals surface area contributed by atoms with E-state index < -0.39 is 5.97 Å². The van der Waals surface area contributed by atoms with Crippen LogP contribution in [0.1, 0.15) is 33.9 Å². The molecule has 1 aliphatic heterocycles. The zero-order valence-electron chi connectivity index (χ0n) is 18.1. The number of carboxylic acid groups (broad SMARTS) is 1. The average Bonchev–Trinajstić information content (AvgIpc) is 3.28. The lowest BCUT2D eigenvalue weighted by molar-refractivity contribution is 0.0690. The number of methoxy groups -OCH3 is 3. The van der Waals surface area contributed by atoms with Crippen LogP contribution in [0.3, 0.4) is 0 Å². The van der Waals surface area contributed by atoms with Crippen molar-refractivity contribution in [3.05, 3.63) is 83.4 Å². The van der Waals surface area contributed by atoms with Crippen molar-refractivity contribution in [2.75, 3.05) is 26.3 Å². The first kappa shape index (κ1) is 21.2. The van der Waals surface area contributed by atoms with Crippen LogP contribution in [0.25, 0.3) is 0 Å². The van der Waals surface area contributed by atoms with Crippen LogP contribution in [0.15, 0.2) is 71.8 Å². The first-order chi connectivity index (χ1) is 15.6. The Labute approximate surface area is 186 Å². The van der Waals surface area contributed by atoms with Gasteiger partial charge in [-0.05, 0) is 53.6 Å². The number of carboxylic acids is 1. The van der Waals surface area contributed by atoms with E-state index in [2.05, 4.69) is 0 Å². The molecule has 3 aromatic rings. The number of benzene rings is 3. The third kappa shape index (κ3) is 3.85. The fourth-order valence-electron chi connectivity index (χ4n) is 3.97. The molecule has 1 aliphatic rings. The lowest BCUT2D eigenvalue weighted by Gasteiger charge is -2.26. The van der Waals surface area contributed by atoms with E-state index in [1.54, 1.807) is 19.2 Å². The molecule has 0 bridgehead atoms. The van der Waals surface area contributed by atoms with Crippen molar-refractivity contribution in [1.82, 2.24) is 0 Å². The minimum Gasteiger partial charge on any atom is -0.497 e. The monoisotopic (exact) mass is 432 g/mol. The highest BCUT2D eigenvalue weighted by molar-refractivity contribution is 6.04. The van der Waals surface area contributed by atoms with Gasteiger partial charge in [-0.1, -0.05) is 24.3 Å². The predicted molar refractivity (Wildman–Crippen MR) is 122 cm³/mol. The lowest BCUT2D eigenvalue weighted by atomic mass is 9.93. The summed E-state index contributed by atoms with van der Waals surface area (Å²) in [7, 11) is 4.55. The van der Waals surface area contributed by atoms with Gasteiger partial charge in [0.2, 0.25) is 0 Å². The van der Waals surface area contributed by atoms with Gasteiger partial charge in [0.15, 0.2) is 11.5 Å². The van der Waals surface area contributed by atoms with Crippen molar-refractivity contribution < 1.29 is 24.1 Å². The van der Waals surface area contributed by atoms with Crippen molar-refractivity contribution in [2.45, 2.75) is 12.5 Å². The summed E-state index contributed by atoms with van der Waals surface area (Å²) < 4.78 is 16.0. The zero-order valence-corrected chi connectivity index (χ0v) is 18.1. The van der Waals surface area contributed by atoms with Crippen LogP contribution < -0.4 is 19.2 Å². The Morgan fingerprint density at radius 3 is 2.25 bits per heavy atom. The minimum absolute atomic E-state index is 0.0731. The summed E-state index contributed by atoms with van der Waals surface area (Å²) in [6.07, 6.45) is 0.525. The van der Waals surface area contributed by atoms with Crippen molar-refractivity contribution in [3.8, 4) is 17.2 Å². The van der Waals surface area contributed by atoms with E-state index in [-0.39, 0.29) is 17.4 Å². The van der Waals surface area contributed by atoms with Gasteiger partial charge in [-0.2, -0.15) is 5.10 Å². The average molecular weight is 432 g/mol. The lowest BCUT2D eigenvalue weighted by Crippen LogP contribution is -2.21. The van der Waals surface area contributed by atoms with Crippen molar-refractivity contribution in [3.63, 3.8) is 0 Å². The molecule has 0 saturated carbocycles. The van der Waals surface area contributed by atoms with Gasteiger partial charge in [-0.15, -0.1) is 0 Å². The number of para-hydroxylation sites is 1. The summed E-state index contributed by atoms with van der Waals surface area (Å²) in [6, 6.07) is 20.6. The number of aromatic carboxylic acids is 1. The van der Waals surface area contributed by atoms with E-state index in [9.17, 15) is 9.90 Å². The van der Waals surface area contributed by atoms with Gasteiger partial charge in [0.1, 0.15) is 11.3 Å². The van der Waals surface area contributed by atoms with E-state index in [0.29, 0.717) is 17.7 Å². The Morgan fingerprint density at radius 1 is 0.938 bits per heavy atom. The van der Waals surface area contributed by atoms with E-state index in [1.165, 1.54) is 14.2 Å². The molecule has 7 heteroatoms. The summed E-state index contributed by atoms with van der Waals surface area (Å²) in [5.41, 5.74) is 3.35. The van der Waals surface area contributed by atoms with Crippen LogP contribution >= 0.6 is 0 Å². The van der Waals surface area contributed by atoms with Gasteiger partial charge in [0.25, 0.3) is 0 Å². The molecule has 164 valence electrons. The molecular weight excluding hydrogens is 408 g/mol. The Bertz CT molecular complexity index is 1140. The van der Waals surface area contributed by atoms with Gasteiger partial charge in [-0.3, -0.25) is 5.01 Å². The van der Waals surface area contributed by atoms with Crippen LogP contribution in [0.5, 0.6) is 17.2 Å². The second kappa shape index (κ2) is 9.01. The number of hydrazone groups is 1. The normalized spacial score (nSPS) is 15.3. The highest BCUT2D eigenvalue weighted by Crippen LogP contribution is 2.43. The topological polar surface area (TPSA) is 80.6 Å². The van der Waals surface area contributed by atoms with Crippen LogP contribution in [0, 0.1) is 0 Å². The van der Waals surface area contributed by atoms with Crippen LogP contribution in [-0.4, -0.2) is 38.1 Å². The fourth-order valence-corrected chi connectivity index (χ4v) is 3.97. The molecule has 0 radical (unpaired) electrons. The van der Waals surface area contributed by atoms with Gasteiger partial charge in [0, 0.05) is 6.42 Å². The SMILES string of the molecule is COc1ccc(C2=NN(c3ccccc3)[C@@H](c3ccc(OC)c(OC)c3C(=O)O)C2)cc1. The predicted octanol–water partition coefficient (Wildman–Crippen LogP) is 4.77. The van der Waals surface area contributed by atoms with Gasteiger partial charge in [0.05, 0.1) is 38.8 Å². The Kier molecular flexibility index (Phi) is 5.98. The minimum atomic E-state index is -1.08. The summed E-state index contributed by atoms with van der Waals surface area (Å²) >= 11 is 0. The molecule has 1 atom stereocenters. The number of ether oxygens (including phenoxy) is 3. The van der Waals surface area contributed by atoms with Crippen molar-refractivity contribution >= 4 is 17.4 Å². The molecule has 1 heterocycles. The highest BCUT2D eigenvalue weighted by atomic mass is 16.5. The Hall–Kier alpha value is -4.00. The van der Waals surface area contributed by atoms with Crippen LogP contribution in [-0.2, 0) is 0 Å². The van der Waals surface area contributed by atoms with E-state index in [1.807, 2.05) is 59.6 Å². The van der Waals surface area contributed by atoms with Gasteiger partial charge < -0.3 is 19.3 Å². The summed E-state index contributed by atoms with van der Waals surface area (Å²) in [6.45, 7) is 0. The van der Waals surface area contributed by atoms with Gasteiger partial charge in [-0.25, -0.2) is 4.79 Å². The third-order valence-corrected chi connectivity index (χ3v) is 5.51. The largest absolute Gasteiger partial charge is 0.497 e. The molecule has 0 amide bonds. The smallest absolute Gasteiger partial charge is 0.339 e. The molecule has 0 fully saturated rings. The standard InChI is InChI=1S/C25H24N2O5/c1-30-18-11-9-16(10-12-18)20-15-21(27(26-20)17-7-5-4-6-8-17)19-13-14-22(31-2)24(32-3)23(19)25(28)29/h4-14,21H,15H2,1-3H3,(H,28,29)/t21-/m1/s1. The summed E-state index contributed by atoms with van der Waals surface area (Å²) in [4.78, 5) is 12.3. The number of nitrogens with zero attached hydrogens (tertiary/aromatic N) is 2. The number of carbonyl (C=O) groups is 1. The number of hydrogen-bond acceptors (Lipinski definition) is 6. The molecule has 32 heavy (non-hydrogen) atoms. The number of rotatable bonds is 7. The maximum atomic E-state index is 12.3. The molecule has 3 aromatic carbocycles. The summed E-state index contributed by atoms with van der Waals surface area (Å²) in [5.74, 6) is 0.246. The zero-order chi connectivity index (χ0) is 22.7. The van der Waals surface area contributed by atoms with E-state index in [0.717, 1.165) is 22.7 Å². The van der Waals surface area contributed by atoms with Crippen molar-refractivity contribution in [1.29, 1.82) is 0 Å². The first-order valence-corrected chi connectivity index (χ1v) is 10.1. The number of anilines is 1. The first-order valence-electron chi connectivity index (χ1n) is 10.1. The Morgan fingerprint density at radius 2 is 1.66 bits per heavy atom. The van der Waals surface area contributed by atoms with E-state index >= 15 is 0 Å². The number of hydrogen-bond donors (Lipinski definition) is 1. The molecule has 7 nitrogen and oxygen atoms in total. The molecular formula is C25H24N2O5. The fraction of sp³-hybridized carbons (Fsp3) is 0.200. The molecule has 0 spiro atoms. The molecule has 0 aliphatic carbocycles. The molecule has 1 N–H and O–H groups in total. The van der Waals surface area contributed by atoms with Crippen molar-refractivity contribution in [2.24, 2.45) is 5.10 Å². The second-order valence-corrected chi connectivity index (χ2v) is 7.25. The quantitative estimate of drug-likeness (QED) is 0.580. The third-order valence-electron chi connectivity index (χ3n) is 5.51.